The molecule has 0 fully saturated rings. The van der Waals surface area contributed by atoms with Crippen LogP contribution < -0.4 is 9.80 Å². The van der Waals surface area contributed by atoms with Gasteiger partial charge in [0.15, 0.2) is 11.6 Å². The quantitative estimate of drug-likeness (QED) is 0.148. The monoisotopic (exact) mass is 1150 g/mol. The van der Waals surface area contributed by atoms with Gasteiger partial charge in [0.1, 0.15) is 0 Å². The molecule has 10 aromatic carbocycles. The lowest BCUT2D eigenvalue weighted by atomic mass is 9.98. The minimum absolute atomic E-state index is 0.00230. The number of ketones is 2. The van der Waals surface area contributed by atoms with E-state index < -0.39 is 19.7 Å². The highest BCUT2D eigenvalue weighted by molar-refractivity contribution is 9.10. The fourth-order valence-electron chi connectivity index (χ4n) is 9.19. The number of carbonyl (C=O) groups is 2. The summed E-state index contributed by atoms with van der Waals surface area (Å²) in [5.41, 5.74) is 8.00. The number of benzene rings is 10. The van der Waals surface area contributed by atoms with Crippen LogP contribution in [0.15, 0.2) is 283 Å². The average Bonchev–Trinajstić information content (AvgIpc) is 3.45. The van der Waals surface area contributed by atoms with Crippen molar-refractivity contribution in [2.24, 2.45) is 0 Å². The van der Waals surface area contributed by atoms with E-state index in [-0.39, 0.29) is 53.4 Å². The molecule has 0 radical (unpaired) electrons. The molecule has 12 rings (SSSR count). The molecule has 75 heavy (non-hydrogen) atoms. The standard InChI is InChI=1S/C37H26N2O3S.C13H6Br2O3S.C13H12/c40-37-32-25-24-31(38(27-14-5-1-6-15-27)28-16-7-2-8-17-28)26-35(32)43(41,42)34-23-13-22-33(36(34)37)39(29-18-9-3-10-19-29)30-20-11-4-12-21-30;14-7-4-5-8-11(6-7)19(17,18)10-3-1-2-9(15)12(10)13(8)16;1-3-7-12(8-4-1)11-13-9-5-2-6-10-13/h1-26H;1-6H;1-10H,11H2. The first kappa shape index (κ1) is 50.5. The van der Waals surface area contributed by atoms with Gasteiger partial charge in [-0.15, -0.1) is 0 Å². The lowest BCUT2D eigenvalue weighted by molar-refractivity contribution is 0.102. The lowest BCUT2D eigenvalue weighted by Gasteiger charge is -2.31. The second kappa shape index (κ2) is 21.8. The number of hydrogen-bond acceptors (Lipinski definition) is 8. The highest BCUT2D eigenvalue weighted by atomic mass is 79.9. The normalized spacial score (nSPS) is 13.2. The Morgan fingerprint density at radius 3 is 1.20 bits per heavy atom. The van der Waals surface area contributed by atoms with Crippen molar-refractivity contribution in [1.29, 1.82) is 0 Å². The van der Waals surface area contributed by atoms with E-state index in [0.717, 1.165) is 29.2 Å². The maximum absolute atomic E-state index is 14.3. The molecule has 0 aromatic heterocycles. The van der Waals surface area contributed by atoms with Gasteiger partial charge < -0.3 is 9.80 Å². The van der Waals surface area contributed by atoms with Crippen molar-refractivity contribution in [3.8, 4) is 0 Å². The van der Waals surface area contributed by atoms with Gasteiger partial charge >= 0.3 is 0 Å². The Labute approximate surface area is 453 Å². The Morgan fingerprint density at radius 1 is 0.333 bits per heavy atom. The summed E-state index contributed by atoms with van der Waals surface area (Å²) in [6.07, 6.45) is 1.03. The summed E-state index contributed by atoms with van der Waals surface area (Å²) < 4.78 is 54.9. The van der Waals surface area contributed by atoms with E-state index in [9.17, 15) is 26.4 Å². The molecule has 8 nitrogen and oxygen atoms in total. The molecule has 0 amide bonds. The SMILES string of the molecule is O=C1c2ccc(Br)cc2S(=O)(=O)c2cccc(Br)c21.O=C1c2ccc(N(c3ccccc3)c3ccccc3)cc2S(=O)(=O)c2cccc(N(c3ccccc3)c3ccccc3)c21.c1ccc(Cc2ccccc2)cc1. The van der Waals surface area contributed by atoms with Gasteiger partial charge in [-0.3, -0.25) is 9.59 Å². The molecule has 368 valence electrons. The van der Waals surface area contributed by atoms with E-state index in [1.807, 2.05) is 137 Å². The number of rotatable bonds is 8. The van der Waals surface area contributed by atoms with Gasteiger partial charge in [0.2, 0.25) is 19.7 Å². The smallest absolute Gasteiger partial charge is 0.208 e. The van der Waals surface area contributed by atoms with E-state index in [0.29, 0.717) is 20.3 Å². The molecule has 0 spiro atoms. The van der Waals surface area contributed by atoms with Crippen molar-refractivity contribution >= 4 is 97.2 Å². The minimum atomic E-state index is -4.05. The molecule has 0 saturated heterocycles. The summed E-state index contributed by atoms with van der Waals surface area (Å²) in [6, 6.07) is 79.3. The zero-order valence-corrected chi connectivity index (χ0v) is 44.7. The second-order valence-corrected chi connectivity index (χ2v) is 23.0. The summed E-state index contributed by atoms with van der Waals surface area (Å²) in [5, 5.41) is 0. The predicted molar refractivity (Wildman–Crippen MR) is 304 cm³/mol. The van der Waals surface area contributed by atoms with Crippen LogP contribution in [0.3, 0.4) is 0 Å². The van der Waals surface area contributed by atoms with Crippen LogP contribution >= 0.6 is 31.9 Å². The maximum Gasteiger partial charge on any atom is 0.208 e. The Balaban J connectivity index is 0.000000163. The molecule has 2 heterocycles. The molecular formula is C63H44Br2N2O6S2. The van der Waals surface area contributed by atoms with Crippen LogP contribution in [-0.2, 0) is 26.1 Å². The molecular weight excluding hydrogens is 1100 g/mol. The highest BCUT2D eigenvalue weighted by Gasteiger charge is 2.39. The van der Waals surface area contributed by atoms with E-state index >= 15 is 0 Å². The lowest BCUT2D eigenvalue weighted by Crippen LogP contribution is -2.24. The Bertz CT molecular complexity index is 3810. The van der Waals surface area contributed by atoms with Crippen molar-refractivity contribution in [2.45, 2.75) is 26.0 Å². The number of nitrogens with zero attached hydrogens (tertiary/aromatic N) is 2. The molecule has 12 heteroatoms. The summed E-state index contributed by atoms with van der Waals surface area (Å²) >= 11 is 6.48. The van der Waals surface area contributed by atoms with E-state index in [2.05, 4.69) is 92.5 Å². The third-order valence-corrected chi connectivity index (χ3v) is 17.5. The number of anilines is 6. The van der Waals surface area contributed by atoms with Crippen molar-refractivity contribution in [2.75, 3.05) is 9.80 Å². The fraction of sp³-hybridized carbons (Fsp3) is 0.0159. The first-order valence-electron chi connectivity index (χ1n) is 23.7. The topological polar surface area (TPSA) is 109 Å². The van der Waals surface area contributed by atoms with E-state index in [4.69, 9.17) is 0 Å². The molecule has 0 N–H and O–H groups in total. The number of hydrogen-bond donors (Lipinski definition) is 0. The third-order valence-electron chi connectivity index (χ3n) is 12.6. The van der Waals surface area contributed by atoms with Crippen molar-refractivity contribution in [3.05, 3.63) is 297 Å². The molecule has 0 bridgehead atoms. The first-order chi connectivity index (χ1) is 36.4. The van der Waals surface area contributed by atoms with Crippen molar-refractivity contribution in [3.63, 3.8) is 0 Å². The van der Waals surface area contributed by atoms with Gasteiger partial charge in [-0.25, -0.2) is 16.8 Å². The van der Waals surface area contributed by atoms with Crippen LogP contribution in [-0.4, -0.2) is 28.4 Å². The first-order valence-corrected chi connectivity index (χ1v) is 28.3. The summed E-state index contributed by atoms with van der Waals surface area (Å²) in [6.45, 7) is 0. The van der Waals surface area contributed by atoms with Crippen LogP contribution in [0.4, 0.5) is 34.1 Å². The second-order valence-electron chi connectivity index (χ2n) is 17.4. The summed E-state index contributed by atoms with van der Waals surface area (Å²) in [4.78, 5) is 30.7. The minimum Gasteiger partial charge on any atom is -0.310 e. The van der Waals surface area contributed by atoms with Crippen LogP contribution in [0.2, 0.25) is 0 Å². The molecule has 2 aliphatic rings. The number of fused-ring (bicyclic) bond motifs is 4. The number of sulfone groups is 2. The van der Waals surface area contributed by atoms with Gasteiger partial charge in [-0.2, -0.15) is 0 Å². The molecule has 0 aliphatic carbocycles. The summed E-state index contributed by atoms with van der Waals surface area (Å²) in [5.74, 6) is -0.607. The fourth-order valence-corrected chi connectivity index (χ4v) is 13.8. The Kier molecular flexibility index (Phi) is 14.7. The Hall–Kier alpha value is -8.00. The van der Waals surface area contributed by atoms with Gasteiger partial charge in [0.25, 0.3) is 0 Å². The maximum atomic E-state index is 14.3. The molecule has 2 aliphatic heterocycles. The van der Waals surface area contributed by atoms with Crippen LogP contribution in [0.1, 0.15) is 43.0 Å². The molecule has 10 aromatic rings. The average molecular weight is 1150 g/mol. The van der Waals surface area contributed by atoms with Gasteiger partial charge in [0.05, 0.1) is 36.4 Å². The predicted octanol–water partition coefficient (Wildman–Crippen LogP) is 15.9. The van der Waals surface area contributed by atoms with Gasteiger partial charge in [0, 0.05) is 48.5 Å². The molecule has 0 atom stereocenters. The molecule has 0 unspecified atom stereocenters. The number of carbonyl (C=O) groups excluding carboxylic acids is 2. The Morgan fingerprint density at radius 2 is 0.720 bits per heavy atom. The zero-order valence-electron chi connectivity index (χ0n) is 39.9. The molecule has 0 saturated carbocycles. The highest BCUT2D eigenvalue weighted by Crippen LogP contribution is 2.46. The number of halogens is 2. The van der Waals surface area contributed by atoms with Gasteiger partial charge in [-0.1, -0.05) is 162 Å². The number of para-hydroxylation sites is 4. The third kappa shape index (κ3) is 10.3. The van der Waals surface area contributed by atoms with Gasteiger partial charge in [-0.05, 0) is 143 Å². The van der Waals surface area contributed by atoms with Crippen molar-refractivity contribution in [1.82, 2.24) is 0 Å². The zero-order chi connectivity index (χ0) is 52.1. The van der Waals surface area contributed by atoms with E-state index in [1.165, 1.54) is 35.4 Å². The summed E-state index contributed by atoms with van der Waals surface area (Å²) in [7, 11) is -7.71. The van der Waals surface area contributed by atoms with Crippen molar-refractivity contribution < 1.29 is 26.4 Å². The van der Waals surface area contributed by atoms with Crippen LogP contribution in [0.25, 0.3) is 0 Å². The largest absolute Gasteiger partial charge is 0.310 e. The van der Waals surface area contributed by atoms with Crippen LogP contribution in [0.5, 0.6) is 0 Å². The van der Waals surface area contributed by atoms with Crippen LogP contribution in [0, 0.1) is 0 Å². The van der Waals surface area contributed by atoms with E-state index in [1.54, 1.807) is 42.5 Å².